The maximum absolute atomic E-state index is 13.9. The van der Waals surface area contributed by atoms with Crippen molar-refractivity contribution < 1.29 is 23.4 Å². The molecule has 0 N–H and O–H groups in total. The van der Waals surface area contributed by atoms with Gasteiger partial charge in [0.15, 0.2) is 4.80 Å². The molecule has 1 aliphatic heterocycles. The van der Waals surface area contributed by atoms with Gasteiger partial charge in [-0.05, 0) is 77.3 Å². The van der Waals surface area contributed by atoms with Gasteiger partial charge in [-0.15, -0.1) is 0 Å². The highest BCUT2D eigenvalue weighted by atomic mass is 79.9. The van der Waals surface area contributed by atoms with E-state index in [4.69, 9.17) is 14.2 Å². The average molecular weight is 638 g/mol. The Labute approximate surface area is 248 Å². The van der Waals surface area contributed by atoms with E-state index in [1.807, 2.05) is 30.3 Å². The van der Waals surface area contributed by atoms with Crippen LogP contribution >= 0.6 is 27.3 Å². The maximum atomic E-state index is 13.9. The molecule has 1 aromatic heterocycles. The summed E-state index contributed by atoms with van der Waals surface area (Å²) in [5, 5.41) is 0. The molecule has 0 aliphatic carbocycles. The third-order valence-electron chi connectivity index (χ3n) is 6.51. The number of hydrogen-bond acceptors (Lipinski definition) is 7. The largest absolute Gasteiger partial charge is 0.496 e. The lowest BCUT2D eigenvalue weighted by atomic mass is 9.95. The van der Waals surface area contributed by atoms with Crippen LogP contribution in [0.2, 0.25) is 0 Å². The summed E-state index contributed by atoms with van der Waals surface area (Å²) in [5.74, 6) is 0.327. The first kappa shape index (κ1) is 28.5. The Morgan fingerprint density at radius 2 is 1.88 bits per heavy atom. The summed E-state index contributed by atoms with van der Waals surface area (Å²) in [6.07, 6.45) is 1.78. The number of thiazole rings is 1. The molecule has 0 radical (unpaired) electrons. The molecule has 0 saturated carbocycles. The van der Waals surface area contributed by atoms with Crippen LogP contribution in [-0.4, -0.2) is 24.3 Å². The molecule has 210 valence electrons. The lowest BCUT2D eigenvalue weighted by Gasteiger charge is -2.25. The van der Waals surface area contributed by atoms with Crippen molar-refractivity contribution in [3.8, 4) is 11.5 Å². The number of methoxy groups -OCH3 is 1. The Morgan fingerprint density at radius 3 is 2.59 bits per heavy atom. The second kappa shape index (κ2) is 12.2. The zero-order chi connectivity index (χ0) is 29.1. The van der Waals surface area contributed by atoms with E-state index in [1.54, 1.807) is 51.3 Å². The standard InChI is InChI=1S/C31H26BrFN2O5S/c1-4-39-30(37)27-18(2)34-31-35(28(27)22-7-5-6-8-24(22)38-3)29(36)26(41-31)16-20-11-14-25(23(32)15-20)40-17-19-9-12-21(33)13-10-19/h5-16,28H,4,17H2,1-3H3/b26-16-/t28-/m0/s1. The first-order valence-electron chi connectivity index (χ1n) is 12.8. The second-order valence-electron chi connectivity index (χ2n) is 9.15. The van der Waals surface area contributed by atoms with Crippen LogP contribution in [0, 0.1) is 5.82 Å². The number of esters is 1. The maximum Gasteiger partial charge on any atom is 0.338 e. The number of carbonyl (C=O) groups excluding carboxylic acids is 1. The zero-order valence-corrected chi connectivity index (χ0v) is 24.9. The molecule has 2 heterocycles. The van der Waals surface area contributed by atoms with Crippen molar-refractivity contribution in [1.82, 2.24) is 4.57 Å². The number of hydrogen-bond donors (Lipinski definition) is 0. The Morgan fingerprint density at radius 1 is 1.12 bits per heavy atom. The summed E-state index contributed by atoms with van der Waals surface area (Å²) in [5.41, 5.74) is 2.76. The number of aromatic nitrogens is 1. The van der Waals surface area contributed by atoms with Gasteiger partial charge < -0.3 is 14.2 Å². The van der Waals surface area contributed by atoms with Crippen LogP contribution in [0.5, 0.6) is 11.5 Å². The molecule has 3 aromatic carbocycles. The molecule has 4 aromatic rings. The quantitative estimate of drug-likeness (QED) is 0.246. The van der Waals surface area contributed by atoms with Crippen LogP contribution in [0.25, 0.3) is 6.08 Å². The molecule has 0 bridgehead atoms. The number of fused-ring (bicyclic) bond motifs is 1. The number of ether oxygens (including phenoxy) is 3. The van der Waals surface area contributed by atoms with E-state index in [1.165, 1.54) is 28.0 Å². The Kier molecular flexibility index (Phi) is 8.51. The Balaban J connectivity index is 1.54. The van der Waals surface area contributed by atoms with Gasteiger partial charge in [0.2, 0.25) is 0 Å². The van der Waals surface area contributed by atoms with Crippen LogP contribution in [-0.2, 0) is 16.1 Å². The van der Waals surface area contributed by atoms with Crippen LogP contribution < -0.4 is 24.4 Å². The number of rotatable bonds is 8. The number of allylic oxidation sites excluding steroid dienone is 1. The summed E-state index contributed by atoms with van der Waals surface area (Å²) in [4.78, 5) is 32.1. The van der Waals surface area contributed by atoms with Crippen LogP contribution in [0.3, 0.4) is 0 Å². The van der Waals surface area contributed by atoms with Gasteiger partial charge in [0.1, 0.15) is 30.0 Å². The highest BCUT2D eigenvalue weighted by Crippen LogP contribution is 2.35. The summed E-state index contributed by atoms with van der Waals surface area (Å²) < 4.78 is 32.7. The monoisotopic (exact) mass is 636 g/mol. The normalized spacial score (nSPS) is 14.9. The van der Waals surface area contributed by atoms with Crippen LogP contribution in [0.4, 0.5) is 4.39 Å². The number of halogens is 2. The predicted octanol–water partition coefficient (Wildman–Crippen LogP) is 5.29. The molecule has 7 nitrogen and oxygen atoms in total. The molecule has 5 rings (SSSR count). The molecule has 0 unspecified atom stereocenters. The topological polar surface area (TPSA) is 79.1 Å². The fourth-order valence-corrected chi connectivity index (χ4v) is 6.15. The Bertz CT molecular complexity index is 1830. The van der Waals surface area contributed by atoms with Gasteiger partial charge in [0.05, 0.1) is 34.0 Å². The van der Waals surface area contributed by atoms with Gasteiger partial charge in [0, 0.05) is 5.56 Å². The molecule has 1 aliphatic rings. The SMILES string of the molecule is CCOC(=O)C1=C(C)N=c2s/c(=C\c3ccc(OCc4ccc(F)cc4)c(Br)c3)c(=O)n2[C@H]1c1ccccc1OC. The second-order valence-corrected chi connectivity index (χ2v) is 11.0. The van der Waals surface area contributed by atoms with Gasteiger partial charge >= 0.3 is 5.97 Å². The minimum absolute atomic E-state index is 0.192. The summed E-state index contributed by atoms with van der Waals surface area (Å²) in [6, 6.07) is 18.2. The highest BCUT2D eigenvalue weighted by molar-refractivity contribution is 9.10. The van der Waals surface area contributed by atoms with Crippen molar-refractivity contribution in [3.63, 3.8) is 0 Å². The van der Waals surface area contributed by atoms with Gasteiger partial charge in [-0.25, -0.2) is 14.2 Å². The minimum atomic E-state index is -0.766. The smallest absolute Gasteiger partial charge is 0.338 e. The third kappa shape index (κ3) is 5.89. The molecular formula is C31H26BrFN2O5S. The number of benzene rings is 3. The number of para-hydroxylation sites is 1. The lowest BCUT2D eigenvalue weighted by molar-refractivity contribution is -0.139. The van der Waals surface area contributed by atoms with Crippen LogP contribution in [0.1, 0.15) is 36.6 Å². The predicted molar refractivity (Wildman–Crippen MR) is 158 cm³/mol. The Hall–Kier alpha value is -4.02. The fourth-order valence-electron chi connectivity index (χ4n) is 4.60. The van der Waals surface area contributed by atoms with E-state index in [-0.39, 0.29) is 24.6 Å². The van der Waals surface area contributed by atoms with Gasteiger partial charge in [-0.1, -0.05) is 47.7 Å². The van der Waals surface area contributed by atoms with Crippen molar-refractivity contribution >= 4 is 39.3 Å². The van der Waals surface area contributed by atoms with Gasteiger partial charge in [0.25, 0.3) is 5.56 Å². The van der Waals surface area contributed by atoms with Gasteiger partial charge in [-0.3, -0.25) is 9.36 Å². The van der Waals surface area contributed by atoms with E-state index < -0.39 is 12.0 Å². The molecule has 0 saturated heterocycles. The van der Waals surface area contributed by atoms with Crippen LogP contribution in [0.15, 0.2) is 92.3 Å². The molecule has 41 heavy (non-hydrogen) atoms. The molecule has 0 fully saturated rings. The van der Waals surface area contributed by atoms with E-state index >= 15 is 0 Å². The first-order valence-corrected chi connectivity index (χ1v) is 14.4. The molecular weight excluding hydrogens is 611 g/mol. The van der Waals surface area contributed by atoms with Crippen molar-refractivity contribution in [2.45, 2.75) is 26.5 Å². The van der Waals surface area contributed by atoms with Crippen molar-refractivity contribution in [3.05, 3.63) is 125 Å². The van der Waals surface area contributed by atoms with E-state index in [2.05, 4.69) is 20.9 Å². The minimum Gasteiger partial charge on any atom is -0.496 e. The zero-order valence-electron chi connectivity index (χ0n) is 22.5. The van der Waals surface area contributed by atoms with E-state index in [9.17, 15) is 14.0 Å². The van der Waals surface area contributed by atoms with Crippen molar-refractivity contribution in [2.24, 2.45) is 4.99 Å². The molecule has 10 heteroatoms. The van der Waals surface area contributed by atoms with E-state index in [0.717, 1.165) is 11.1 Å². The van der Waals surface area contributed by atoms with Crippen molar-refractivity contribution in [2.75, 3.05) is 13.7 Å². The third-order valence-corrected chi connectivity index (χ3v) is 8.11. The molecule has 0 amide bonds. The lowest BCUT2D eigenvalue weighted by Crippen LogP contribution is -2.40. The summed E-state index contributed by atoms with van der Waals surface area (Å²) in [6.45, 7) is 3.95. The number of carbonyl (C=O) groups is 1. The molecule has 0 spiro atoms. The number of nitrogens with zero attached hydrogens (tertiary/aromatic N) is 2. The average Bonchev–Trinajstić information content (AvgIpc) is 3.26. The summed E-state index contributed by atoms with van der Waals surface area (Å²) in [7, 11) is 1.55. The molecule has 1 atom stereocenters. The fraction of sp³-hybridized carbons (Fsp3) is 0.194. The summed E-state index contributed by atoms with van der Waals surface area (Å²) >= 11 is 4.79. The van der Waals surface area contributed by atoms with Gasteiger partial charge in [-0.2, -0.15) is 0 Å². The first-order chi connectivity index (χ1) is 19.8. The highest BCUT2D eigenvalue weighted by Gasteiger charge is 2.34. The van der Waals surface area contributed by atoms with Crippen molar-refractivity contribution in [1.29, 1.82) is 0 Å². The van der Waals surface area contributed by atoms with E-state index in [0.29, 0.717) is 42.1 Å².